The van der Waals surface area contributed by atoms with Crippen molar-refractivity contribution in [2.45, 2.75) is 12.4 Å². The van der Waals surface area contributed by atoms with Crippen LogP contribution in [0.3, 0.4) is 0 Å². The second-order valence-corrected chi connectivity index (χ2v) is 4.85. The number of hydrogen-bond donors (Lipinski definition) is 1. The van der Waals surface area contributed by atoms with Gasteiger partial charge in [0.15, 0.2) is 0 Å². The van der Waals surface area contributed by atoms with Crippen LogP contribution < -0.4 is 10.9 Å². The number of nitrogens with zero attached hydrogens (tertiary/aromatic N) is 4. The van der Waals surface area contributed by atoms with E-state index in [2.05, 4.69) is 15.5 Å². The Balaban J connectivity index is 2.51. The standard InChI is InChI=1S/C12H7F6N5O3/c1-22-9(24)8(12(16,17)18)20-21-10(22)19-6-3-2-5(11(13,14)15)4-7(6)23(25)26/h2-4H,1H3,(H,19,21). The zero-order valence-corrected chi connectivity index (χ0v) is 12.5. The zero-order chi connectivity index (χ0) is 19.9. The van der Waals surface area contributed by atoms with E-state index in [0.717, 1.165) is 7.05 Å². The van der Waals surface area contributed by atoms with Gasteiger partial charge in [0.25, 0.3) is 11.2 Å². The number of nitrogens with one attached hydrogen (secondary N) is 1. The van der Waals surface area contributed by atoms with Crippen molar-refractivity contribution in [2.75, 3.05) is 5.32 Å². The maximum atomic E-state index is 12.6. The van der Waals surface area contributed by atoms with Gasteiger partial charge >= 0.3 is 12.4 Å². The molecule has 0 aliphatic carbocycles. The average Bonchev–Trinajstić information content (AvgIpc) is 2.49. The molecule has 0 aliphatic rings. The summed E-state index contributed by atoms with van der Waals surface area (Å²) in [5.74, 6) is -0.633. The lowest BCUT2D eigenvalue weighted by Gasteiger charge is -2.13. The molecule has 1 aromatic heterocycles. The molecule has 26 heavy (non-hydrogen) atoms. The van der Waals surface area contributed by atoms with E-state index < -0.39 is 51.4 Å². The van der Waals surface area contributed by atoms with Crippen LogP contribution in [-0.2, 0) is 19.4 Å². The monoisotopic (exact) mass is 383 g/mol. The van der Waals surface area contributed by atoms with Crippen molar-refractivity contribution in [3.8, 4) is 0 Å². The highest BCUT2D eigenvalue weighted by Gasteiger charge is 2.38. The highest BCUT2D eigenvalue weighted by Crippen LogP contribution is 2.35. The van der Waals surface area contributed by atoms with Gasteiger partial charge in [-0.3, -0.25) is 19.5 Å². The molecule has 0 fully saturated rings. The quantitative estimate of drug-likeness (QED) is 0.497. The second-order valence-electron chi connectivity index (χ2n) is 4.85. The van der Waals surface area contributed by atoms with Gasteiger partial charge in [-0.25, -0.2) is 0 Å². The van der Waals surface area contributed by atoms with E-state index in [1.165, 1.54) is 0 Å². The molecular weight excluding hydrogens is 376 g/mol. The lowest BCUT2D eigenvalue weighted by molar-refractivity contribution is -0.384. The summed E-state index contributed by atoms with van der Waals surface area (Å²) in [6.07, 6.45) is -9.91. The van der Waals surface area contributed by atoms with Crippen LogP contribution in [0.1, 0.15) is 11.3 Å². The number of nitro groups is 1. The van der Waals surface area contributed by atoms with Gasteiger partial charge in [0, 0.05) is 13.1 Å². The van der Waals surface area contributed by atoms with E-state index in [1.54, 1.807) is 0 Å². The summed E-state index contributed by atoms with van der Waals surface area (Å²) >= 11 is 0. The van der Waals surface area contributed by atoms with Crippen LogP contribution >= 0.6 is 0 Å². The fourth-order valence-electron chi connectivity index (χ4n) is 1.83. The summed E-state index contributed by atoms with van der Waals surface area (Å²) in [7, 11) is 0.879. The van der Waals surface area contributed by atoms with Crippen molar-refractivity contribution < 1.29 is 31.3 Å². The number of halogens is 6. The van der Waals surface area contributed by atoms with Crippen LogP contribution in [0.15, 0.2) is 23.0 Å². The largest absolute Gasteiger partial charge is 0.440 e. The first-order chi connectivity index (χ1) is 11.8. The molecule has 0 spiro atoms. The molecule has 0 aliphatic heterocycles. The fraction of sp³-hybridized carbons (Fsp3) is 0.250. The number of benzene rings is 1. The molecule has 8 nitrogen and oxygen atoms in total. The first-order valence-electron chi connectivity index (χ1n) is 6.46. The molecule has 140 valence electrons. The number of rotatable bonds is 3. The minimum Gasteiger partial charge on any atom is -0.318 e. The number of anilines is 2. The molecule has 0 unspecified atom stereocenters. The van der Waals surface area contributed by atoms with Crippen LogP contribution in [-0.4, -0.2) is 19.7 Å². The van der Waals surface area contributed by atoms with Gasteiger partial charge in [-0.15, -0.1) is 10.2 Å². The van der Waals surface area contributed by atoms with Gasteiger partial charge in [0.2, 0.25) is 11.6 Å². The lowest BCUT2D eigenvalue weighted by atomic mass is 10.1. The molecule has 2 aromatic rings. The van der Waals surface area contributed by atoms with Crippen molar-refractivity contribution in [2.24, 2.45) is 7.05 Å². The Morgan fingerprint density at radius 2 is 1.73 bits per heavy atom. The van der Waals surface area contributed by atoms with Crippen LogP contribution in [0, 0.1) is 10.1 Å². The van der Waals surface area contributed by atoms with Gasteiger partial charge < -0.3 is 5.32 Å². The Morgan fingerprint density at radius 1 is 1.12 bits per heavy atom. The average molecular weight is 383 g/mol. The summed E-state index contributed by atoms with van der Waals surface area (Å²) < 4.78 is 76.1. The summed E-state index contributed by atoms with van der Waals surface area (Å²) in [4.78, 5) is 21.5. The van der Waals surface area contributed by atoms with Gasteiger partial charge in [0.1, 0.15) is 5.69 Å². The highest BCUT2D eigenvalue weighted by atomic mass is 19.4. The maximum Gasteiger partial charge on any atom is 0.440 e. The third-order valence-corrected chi connectivity index (χ3v) is 3.11. The zero-order valence-electron chi connectivity index (χ0n) is 12.5. The molecule has 0 amide bonds. The van der Waals surface area contributed by atoms with Gasteiger partial charge in [0.05, 0.1) is 10.5 Å². The Kier molecular flexibility index (Phi) is 4.62. The molecule has 0 saturated heterocycles. The molecule has 2 rings (SSSR count). The lowest BCUT2D eigenvalue weighted by Crippen LogP contribution is -2.31. The molecule has 1 aromatic carbocycles. The van der Waals surface area contributed by atoms with E-state index in [9.17, 15) is 41.3 Å². The van der Waals surface area contributed by atoms with Crippen molar-refractivity contribution in [3.05, 3.63) is 49.9 Å². The van der Waals surface area contributed by atoms with E-state index >= 15 is 0 Å². The summed E-state index contributed by atoms with van der Waals surface area (Å²) in [5, 5.41) is 18.9. The molecule has 14 heteroatoms. The molecule has 0 atom stereocenters. The number of aromatic nitrogens is 3. The fourth-order valence-corrected chi connectivity index (χ4v) is 1.83. The first kappa shape index (κ1) is 19.1. The van der Waals surface area contributed by atoms with Gasteiger partial charge in [-0.1, -0.05) is 0 Å². The minimum atomic E-state index is -5.07. The molecule has 1 N–H and O–H groups in total. The summed E-state index contributed by atoms with van der Waals surface area (Å²) in [6.45, 7) is 0. The third-order valence-electron chi connectivity index (χ3n) is 3.11. The van der Waals surface area contributed by atoms with Crippen molar-refractivity contribution >= 4 is 17.3 Å². The second kappa shape index (κ2) is 6.27. The van der Waals surface area contributed by atoms with E-state index in [-0.39, 0.29) is 6.07 Å². The van der Waals surface area contributed by atoms with Crippen LogP contribution in [0.2, 0.25) is 0 Å². The van der Waals surface area contributed by atoms with Crippen molar-refractivity contribution in [3.63, 3.8) is 0 Å². The molecule has 0 saturated carbocycles. The third kappa shape index (κ3) is 3.73. The Labute approximate surface area is 139 Å². The summed E-state index contributed by atoms with van der Waals surface area (Å²) in [6, 6.07) is 1.44. The Bertz CT molecular complexity index is 921. The molecule has 0 radical (unpaired) electrons. The van der Waals surface area contributed by atoms with Crippen LogP contribution in [0.25, 0.3) is 0 Å². The Morgan fingerprint density at radius 3 is 2.23 bits per heavy atom. The molecular formula is C12H7F6N5O3. The van der Waals surface area contributed by atoms with Gasteiger partial charge in [-0.05, 0) is 12.1 Å². The van der Waals surface area contributed by atoms with Gasteiger partial charge in [-0.2, -0.15) is 26.3 Å². The van der Waals surface area contributed by atoms with E-state index in [0.29, 0.717) is 16.7 Å². The van der Waals surface area contributed by atoms with Crippen molar-refractivity contribution in [1.29, 1.82) is 0 Å². The van der Waals surface area contributed by atoms with Crippen LogP contribution in [0.5, 0.6) is 0 Å². The molecule has 1 heterocycles. The van der Waals surface area contributed by atoms with Crippen molar-refractivity contribution in [1.82, 2.24) is 14.8 Å². The van der Waals surface area contributed by atoms with E-state index in [1.807, 2.05) is 0 Å². The SMILES string of the molecule is Cn1c(Nc2ccc(C(F)(F)F)cc2[N+](=O)[O-])nnc(C(F)(F)F)c1=O. The predicted octanol–water partition coefficient (Wildman–Crippen LogP) is 2.86. The maximum absolute atomic E-state index is 12.6. The Hall–Kier alpha value is -3.19. The topological polar surface area (TPSA) is 103 Å². The van der Waals surface area contributed by atoms with Crippen LogP contribution in [0.4, 0.5) is 43.7 Å². The normalized spacial score (nSPS) is 12.1. The summed E-state index contributed by atoms with van der Waals surface area (Å²) in [5.41, 5.74) is -6.25. The number of nitro benzene ring substituents is 1. The number of hydrogen-bond acceptors (Lipinski definition) is 6. The smallest absolute Gasteiger partial charge is 0.318 e. The highest BCUT2D eigenvalue weighted by molar-refractivity contribution is 5.67. The molecule has 0 bridgehead atoms. The predicted molar refractivity (Wildman–Crippen MR) is 73.7 cm³/mol. The minimum absolute atomic E-state index is 0.234. The first-order valence-corrected chi connectivity index (χ1v) is 6.46. The number of alkyl halides is 6. The van der Waals surface area contributed by atoms with E-state index in [4.69, 9.17) is 0 Å².